The van der Waals surface area contributed by atoms with Crippen molar-refractivity contribution in [2.75, 3.05) is 11.9 Å². The fraction of sp³-hybridized carbons (Fsp3) is 0.310. The summed E-state index contributed by atoms with van der Waals surface area (Å²) in [4.78, 5) is 20.3. The molecule has 5 heteroatoms. The zero-order chi connectivity index (χ0) is 23.2. The maximum absolute atomic E-state index is 13.0. The molecule has 1 aliphatic rings. The van der Waals surface area contributed by atoms with Crippen LogP contribution in [-0.2, 0) is 13.1 Å². The van der Waals surface area contributed by atoms with Crippen LogP contribution in [-0.4, -0.2) is 22.3 Å². The van der Waals surface area contributed by atoms with Gasteiger partial charge < -0.3 is 0 Å². The second-order valence-corrected chi connectivity index (χ2v) is 10.1. The van der Waals surface area contributed by atoms with E-state index in [1.54, 1.807) is 0 Å². The van der Waals surface area contributed by atoms with Gasteiger partial charge in [0, 0.05) is 30.6 Å². The molecule has 1 heterocycles. The van der Waals surface area contributed by atoms with E-state index in [4.69, 9.17) is 4.98 Å². The molecule has 1 aromatic heterocycles. The SMILES string of the molecule is O=C(Nc1nc(CN(Cc2ccccc2)CC2CCCCC2)cs1)c1cccc2ccccc12. The number of carbonyl (C=O) groups is 1. The molecule has 174 valence electrons. The predicted molar refractivity (Wildman–Crippen MR) is 141 cm³/mol. The molecule has 4 aromatic rings. The van der Waals surface area contributed by atoms with Crippen molar-refractivity contribution in [1.29, 1.82) is 0 Å². The number of nitrogens with one attached hydrogen (secondary N) is 1. The zero-order valence-corrected chi connectivity index (χ0v) is 20.3. The first kappa shape index (κ1) is 22.8. The van der Waals surface area contributed by atoms with E-state index in [2.05, 4.69) is 45.9 Å². The number of benzene rings is 3. The summed E-state index contributed by atoms with van der Waals surface area (Å²) in [5.74, 6) is 0.655. The molecule has 1 fully saturated rings. The zero-order valence-electron chi connectivity index (χ0n) is 19.5. The van der Waals surface area contributed by atoms with Crippen molar-refractivity contribution in [3.63, 3.8) is 0 Å². The van der Waals surface area contributed by atoms with Crippen molar-refractivity contribution < 1.29 is 4.79 Å². The topological polar surface area (TPSA) is 45.2 Å². The van der Waals surface area contributed by atoms with Crippen molar-refractivity contribution in [3.8, 4) is 0 Å². The van der Waals surface area contributed by atoms with E-state index in [-0.39, 0.29) is 5.91 Å². The third-order valence-corrected chi connectivity index (χ3v) is 7.49. The minimum Gasteiger partial charge on any atom is -0.298 e. The van der Waals surface area contributed by atoms with Crippen molar-refractivity contribution in [2.45, 2.75) is 45.2 Å². The summed E-state index contributed by atoms with van der Waals surface area (Å²) < 4.78 is 0. The first-order valence-electron chi connectivity index (χ1n) is 12.2. The Morgan fingerprint density at radius 2 is 1.68 bits per heavy atom. The quantitative estimate of drug-likeness (QED) is 0.298. The van der Waals surface area contributed by atoms with E-state index in [0.29, 0.717) is 10.7 Å². The molecule has 0 unspecified atom stereocenters. The lowest BCUT2D eigenvalue weighted by molar-refractivity contribution is 0.102. The first-order valence-corrected chi connectivity index (χ1v) is 13.1. The Hall–Kier alpha value is -3.02. The lowest BCUT2D eigenvalue weighted by atomic mass is 9.89. The van der Waals surface area contributed by atoms with Gasteiger partial charge in [0.15, 0.2) is 5.13 Å². The van der Waals surface area contributed by atoms with Crippen LogP contribution in [0.1, 0.15) is 53.7 Å². The summed E-state index contributed by atoms with van der Waals surface area (Å²) in [5, 5.41) is 7.79. The van der Waals surface area contributed by atoms with Crippen molar-refractivity contribution >= 4 is 33.1 Å². The predicted octanol–water partition coefficient (Wildman–Crippen LogP) is 7.13. The molecule has 3 aromatic carbocycles. The molecule has 0 radical (unpaired) electrons. The molecule has 1 amide bonds. The maximum Gasteiger partial charge on any atom is 0.258 e. The molecule has 5 rings (SSSR count). The highest BCUT2D eigenvalue weighted by Gasteiger charge is 2.19. The monoisotopic (exact) mass is 469 g/mol. The maximum atomic E-state index is 13.0. The van der Waals surface area contributed by atoms with Gasteiger partial charge in [-0.2, -0.15) is 0 Å². The number of carbonyl (C=O) groups excluding carboxylic acids is 1. The Balaban J connectivity index is 1.28. The summed E-state index contributed by atoms with van der Waals surface area (Å²) in [5.41, 5.74) is 3.03. The number of aromatic nitrogens is 1. The summed E-state index contributed by atoms with van der Waals surface area (Å²) in [6, 6.07) is 24.5. The van der Waals surface area contributed by atoms with Gasteiger partial charge in [0.1, 0.15) is 0 Å². The van der Waals surface area contributed by atoms with Gasteiger partial charge in [-0.05, 0) is 41.2 Å². The third-order valence-electron chi connectivity index (χ3n) is 6.68. The standard InChI is InChI=1S/C29H31N3OS/c33-28(27-17-9-15-24-14-7-8-16-26(24)27)31-29-30-25(21-34-29)20-32(18-22-10-3-1-4-11-22)19-23-12-5-2-6-13-23/h1,3-4,7-11,14-17,21,23H,2,5-6,12-13,18-20H2,(H,30,31,33). The van der Waals surface area contributed by atoms with Crippen LogP contribution in [0.2, 0.25) is 0 Å². The molecule has 1 saturated carbocycles. The summed E-state index contributed by atoms with van der Waals surface area (Å²) in [7, 11) is 0. The number of anilines is 1. The van der Waals surface area contributed by atoms with Crippen LogP contribution in [0.15, 0.2) is 78.2 Å². The average molecular weight is 470 g/mol. The molecule has 34 heavy (non-hydrogen) atoms. The normalized spacial score (nSPS) is 14.5. The highest BCUT2D eigenvalue weighted by molar-refractivity contribution is 7.14. The van der Waals surface area contributed by atoms with E-state index in [1.807, 2.05) is 42.5 Å². The largest absolute Gasteiger partial charge is 0.298 e. The van der Waals surface area contributed by atoms with Gasteiger partial charge >= 0.3 is 0 Å². The number of hydrogen-bond acceptors (Lipinski definition) is 4. The molecular weight excluding hydrogens is 438 g/mol. The van der Waals surface area contributed by atoms with E-state index in [0.717, 1.165) is 42.0 Å². The van der Waals surface area contributed by atoms with Crippen LogP contribution < -0.4 is 5.32 Å². The minimum atomic E-state index is -0.110. The highest BCUT2D eigenvalue weighted by Crippen LogP contribution is 2.27. The molecule has 4 nitrogen and oxygen atoms in total. The lowest BCUT2D eigenvalue weighted by Crippen LogP contribution is -2.30. The van der Waals surface area contributed by atoms with Gasteiger partial charge in [-0.15, -0.1) is 11.3 Å². The van der Waals surface area contributed by atoms with Crippen molar-refractivity contribution in [3.05, 3.63) is 95.0 Å². The second kappa shape index (κ2) is 10.9. The molecular formula is C29H31N3OS. The molecule has 1 aliphatic carbocycles. The number of fused-ring (bicyclic) bond motifs is 1. The van der Waals surface area contributed by atoms with Gasteiger partial charge in [0.2, 0.25) is 0 Å². The van der Waals surface area contributed by atoms with Gasteiger partial charge in [-0.1, -0.05) is 86.0 Å². The minimum absolute atomic E-state index is 0.110. The molecule has 0 bridgehead atoms. The van der Waals surface area contributed by atoms with Crippen LogP contribution >= 0.6 is 11.3 Å². The Morgan fingerprint density at radius 3 is 2.53 bits per heavy atom. The molecule has 0 atom stereocenters. The van der Waals surface area contributed by atoms with Crippen molar-refractivity contribution in [1.82, 2.24) is 9.88 Å². The van der Waals surface area contributed by atoms with Crippen LogP contribution in [0.4, 0.5) is 5.13 Å². The smallest absolute Gasteiger partial charge is 0.258 e. The summed E-state index contributed by atoms with van der Waals surface area (Å²) >= 11 is 1.50. The lowest BCUT2D eigenvalue weighted by Gasteiger charge is -2.29. The van der Waals surface area contributed by atoms with Crippen molar-refractivity contribution in [2.24, 2.45) is 5.92 Å². The summed E-state index contributed by atoms with van der Waals surface area (Å²) in [6.45, 7) is 2.82. The third kappa shape index (κ3) is 5.72. The Kier molecular flexibility index (Phi) is 7.32. The van der Waals surface area contributed by atoms with Gasteiger partial charge in [-0.25, -0.2) is 4.98 Å². The number of amides is 1. The fourth-order valence-electron chi connectivity index (χ4n) is 5.02. The summed E-state index contributed by atoms with van der Waals surface area (Å²) in [6.07, 6.45) is 6.74. The molecule has 0 aliphatic heterocycles. The van der Waals surface area contributed by atoms with Crippen LogP contribution in [0.3, 0.4) is 0 Å². The Labute approximate surface area is 205 Å². The van der Waals surface area contributed by atoms with Crippen LogP contribution in [0, 0.1) is 5.92 Å². The Morgan fingerprint density at radius 1 is 0.912 bits per heavy atom. The van der Waals surface area contributed by atoms with Gasteiger partial charge in [-0.3, -0.25) is 15.0 Å². The molecule has 0 spiro atoms. The van der Waals surface area contributed by atoms with Gasteiger partial charge in [0.05, 0.1) is 5.69 Å². The second-order valence-electron chi connectivity index (χ2n) is 9.28. The first-order chi connectivity index (χ1) is 16.7. The number of thiazole rings is 1. The van der Waals surface area contributed by atoms with Gasteiger partial charge in [0.25, 0.3) is 5.91 Å². The number of nitrogens with zero attached hydrogens (tertiary/aromatic N) is 2. The van der Waals surface area contributed by atoms with E-state index < -0.39 is 0 Å². The molecule has 1 N–H and O–H groups in total. The van der Waals surface area contributed by atoms with Crippen LogP contribution in [0.5, 0.6) is 0 Å². The number of rotatable bonds is 8. The Bertz CT molecular complexity index is 1230. The average Bonchev–Trinajstić information content (AvgIpc) is 3.31. The fourth-order valence-corrected chi connectivity index (χ4v) is 5.71. The van der Waals surface area contributed by atoms with E-state index >= 15 is 0 Å². The van der Waals surface area contributed by atoms with E-state index in [1.165, 1.54) is 49.0 Å². The molecule has 0 saturated heterocycles. The van der Waals surface area contributed by atoms with Crippen LogP contribution in [0.25, 0.3) is 10.8 Å². The number of hydrogen-bond donors (Lipinski definition) is 1. The highest BCUT2D eigenvalue weighted by atomic mass is 32.1. The van der Waals surface area contributed by atoms with E-state index in [9.17, 15) is 4.79 Å².